The molecule has 0 radical (unpaired) electrons. The van der Waals surface area contributed by atoms with Gasteiger partial charge >= 0.3 is 0 Å². The molecule has 5 nitrogen and oxygen atoms in total. The highest BCUT2D eigenvalue weighted by Crippen LogP contribution is 2.09. The number of carbonyl (C=O) groups is 1. The fourth-order valence-corrected chi connectivity index (χ4v) is 2.38. The zero-order chi connectivity index (χ0) is 14.5. The van der Waals surface area contributed by atoms with Crippen molar-refractivity contribution in [3.05, 3.63) is 29.6 Å². The molecule has 0 bridgehead atoms. The molecule has 0 spiro atoms. The van der Waals surface area contributed by atoms with Crippen molar-refractivity contribution < 1.29 is 9.90 Å². The van der Waals surface area contributed by atoms with Gasteiger partial charge in [-0.25, -0.2) is 4.98 Å². The number of pyridine rings is 1. The Balaban J connectivity index is 1.89. The van der Waals surface area contributed by atoms with E-state index in [1.54, 1.807) is 6.07 Å². The van der Waals surface area contributed by atoms with Crippen LogP contribution in [0.15, 0.2) is 18.2 Å². The first kappa shape index (κ1) is 14.9. The molecule has 1 aromatic rings. The number of aryl methyl sites for hydroxylation is 1. The third-order valence-corrected chi connectivity index (χ3v) is 3.71. The zero-order valence-electron chi connectivity index (χ0n) is 12.2. The van der Waals surface area contributed by atoms with E-state index in [-0.39, 0.29) is 12.0 Å². The van der Waals surface area contributed by atoms with Crippen LogP contribution < -0.4 is 0 Å². The van der Waals surface area contributed by atoms with Crippen molar-refractivity contribution in [1.82, 2.24) is 14.8 Å². The maximum absolute atomic E-state index is 12.3. The smallest absolute Gasteiger partial charge is 0.272 e. The topological polar surface area (TPSA) is 56.7 Å². The average Bonchev–Trinajstić information content (AvgIpc) is 2.47. The first-order chi connectivity index (χ1) is 9.60. The Hall–Kier alpha value is -1.46. The summed E-state index contributed by atoms with van der Waals surface area (Å²) in [5.41, 5.74) is 1.38. The lowest BCUT2D eigenvalue weighted by atomic mass is 10.2. The molecule has 1 aliphatic heterocycles. The predicted molar refractivity (Wildman–Crippen MR) is 77.6 cm³/mol. The van der Waals surface area contributed by atoms with Gasteiger partial charge in [0.15, 0.2) is 0 Å². The first-order valence-electron chi connectivity index (χ1n) is 7.23. The summed E-state index contributed by atoms with van der Waals surface area (Å²) < 4.78 is 0. The van der Waals surface area contributed by atoms with Gasteiger partial charge in [0.1, 0.15) is 5.69 Å². The van der Waals surface area contributed by atoms with E-state index < -0.39 is 0 Å². The Kier molecular flexibility index (Phi) is 5.09. The summed E-state index contributed by atoms with van der Waals surface area (Å²) in [4.78, 5) is 20.7. The molecule has 1 N–H and O–H groups in total. The number of rotatable bonds is 4. The van der Waals surface area contributed by atoms with Crippen molar-refractivity contribution in [2.45, 2.75) is 26.4 Å². The molecule has 0 saturated carbocycles. The summed E-state index contributed by atoms with van der Waals surface area (Å²) in [6.07, 6.45) is 0.502. The molecular formula is C15H23N3O2. The van der Waals surface area contributed by atoms with Gasteiger partial charge in [-0.3, -0.25) is 9.69 Å². The highest BCUT2D eigenvalue weighted by atomic mass is 16.3. The third-order valence-electron chi connectivity index (χ3n) is 3.71. The first-order valence-corrected chi connectivity index (χ1v) is 7.23. The van der Waals surface area contributed by atoms with Crippen LogP contribution in [0, 0.1) is 6.92 Å². The molecule has 110 valence electrons. The number of β-amino-alcohol motifs (C(OH)–C–C–N with tert-alkyl or cyclic N) is 1. The van der Waals surface area contributed by atoms with E-state index in [0.717, 1.165) is 25.2 Å². The second-order valence-electron chi connectivity index (χ2n) is 5.32. The van der Waals surface area contributed by atoms with Crippen molar-refractivity contribution in [1.29, 1.82) is 0 Å². The summed E-state index contributed by atoms with van der Waals surface area (Å²) in [5.74, 6) is 0.00406. The number of aliphatic hydroxyl groups excluding tert-OH is 1. The van der Waals surface area contributed by atoms with Gasteiger partial charge in [0.05, 0.1) is 6.10 Å². The zero-order valence-corrected chi connectivity index (χ0v) is 12.2. The predicted octanol–water partition coefficient (Wildman–Crippen LogP) is 0.919. The summed E-state index contributed by atoms with van der Waals surface area (Å²) >= 11 is 0. The van der Waals surface area contributed by atoms with Crippen molar-refractivity contribution in [2.24, 2.45) is 0 Å². The molecule has 1 aromatic heterocycles. The van der Waals surface area contributed by atoms with Gasteiger partial charge in [-0.2, -0.15) is 0 Å². The van der Waals surface area contributed by atoms with Gasteiger partial charge in [-0.1, -0.05) is 13.0 Å². The highest BCUT2D eigenvalue weighted by Gasteiger charge is 2.23. The van der Waals surface area contributed by atoms with Crippen LogP contribution in [0.1, 0.15) is 29.5 Å². The lowest BCUT2D eigenvalue weighted by Gasteiger charge is -2.35. The lowest BCUT2D eigenvalue weighted by Crippen LogP contribution is -2.50. The second kappa shape index (κ2) is 6.81. The molecule has 0 unspecified atom stereocenters. The fourth-order valence-electron chi connectivity index (χ4n) is 2.38. The molecule has 1 aliphatic rings. The third kappa shape index (κ3) is 3.77. The number of aromatic nitrogens is 1. The van der Waals surface area contributed by atoms with E-state index >= 15 is 0 Å². The maximum atomic E-state index is 12.3. The number of piperazine rings is 1. The minimum Gasteiger partial charge on any atom is -0.392 e. The van der Waals surface area contributed by atoms with E-state index in [1.807, 2.05) is 30.9 Å². The molecule has 20 heavy (non-hydrogen) atoms. The molecule has 1 saturated heterocycles. The molecule has 2 heterocycles. The normalized spacial score (nSPS) is 18.1. The van der Waals surface area contributed by atoms with Crippen LogP contribution >= 0.6 is 0 Å². The number of hydrogen-bond donors (Lipinski definition) is 1. The van der Waals surface area contributed by atoms with Crippen molar-refractivity contribution in [3.63, 3.8) is 0 Å². The minimum atomic E-state index is -0.268. The Labute approximate surface area is 120 Å². The molecule has 1 atom stereocenters. The van der Waals surface area contributed by atoms with Crippen LogP contribution in [-0.2, 0) is 0 Å². The van der Waals surface area contributed by atoms with Gasteiger partial charge in [-0.15, -0.1) is 0 Å². The van der Waals surface area contributed by atoms with Gasteiger partial charge in [0.25, 0.3) is 5.91 Å². The van der Waals surface area contributed by atoms with Crippen molar-refractivity contribution in [2.75, 3.05) is 32.7 Å². The molecule has 1 amide bonds. The number of aliphatic hydroxyl groups is 1. The molecule has 0 aliphatic carbocycles. The molecule has 1 fully saturated rings. The van der Waals surface area contributed by atoms with Crippen LogP contribution in [0.25, 0.3) is 0 Å². The van der Waals surface area contributed by atoms with Gasteiger partial charge in [0, 0.05) is 38.4 Å². The van der Waals surface area contributed by atoms with E-state index in [4.69, 9.17) is 0 Å². The van der Waals surface area contributed by atoms with Crippen molar-refractivity contribution >= 4 is 5.91 Å². The molecule has 0 aromatic carbocycles. The highest BCUT2D eigenvalue weighted by molar-refractivity contribution is 5.92. The van der Waals surface area contributed by atoms with Crippen LogP contribution in [-0.4, -0.2) is 64.6 Å². The summed E-state index contributed by atoms with van der Waals surface area (Å²) in [7, 11) is 0. The second-order valence-corrected chi connectivity index (χ2v) is 5.32. The Morgan fingerprint density at radius 1 is 1.35 bits per heavy atom. The minimum absolute atomic E-state index is 0.00406. The number of amides is 1. The van der Waals surface area contributed by atoms with Gasteiger partial charge in [0.2, 0.25) is 0 Å². The SMILES string of the molecule is CC[C@H](O)CN1CCN(C(=O)c2cccc(C)n2)CC1. The average molecular weight is 277 g/mol. The van der Waals surface area contributed by atoms with Crippen LogP contribution in [0.2, 0.25) is 0 Å². The largest absolute Gasteiger partial charge is 0.392 e. The monoisotopic (exact) mass is 277 g/mol. The maximum Gasteiger partial charge on any atom is 0.272 e. The molecular weight excluding hydrogens is 254 g/mol. The standard InChI is InChI=1S/C15H23N3O2/c1-3-13(19)11-17-7-9-18(10-8-17)15(20)14-6-4-5-12(2)16-14/h4-6,13,19H,3,7-11H2,1-2H3/t13-/m0/s1. The van der Waals surface area contributed by atoms with E-state index in [1.165, 1.54) is 0 Å². The lowest BCUT2D eigenvalue weighted by molar-refractivity contribution is 0.0519. The summed E-state index contributed by atoms with van der Waals surface area (Å²) in [5, 5.41) is 9.66. The van der Waals surface area contributed by atoms with Crippen LogP contribution in [0.3, 0.4) is 0 Å². The Morgan fingerprint density at radius 3 is 2.65 bits per heavy atom. The molecule has 5 heteroatoms. The quantitative estimate of drug-likeness (QED) is 0.889. The fraction of sp³-hybridized carbons (Fsp3) is 0.600. The Morgan fingerprint density at radius 2 is 2.05 bits per heavy atom. The van der Waals surface area contributed by atoms with Gasteiger partial charge in [-0.05, 0) is 25.5 Å². The van der Waals surface area contributed by atoms with Gasteiger partial charge < -0.3 is 10.0 Å². The number of hydrogen-bond acceptors (Lipinski definition) is 4. The molecule has 2 rings (SSSR count). The van der Waals surface area contributed by atoms with E-state index in [9.17, 15) is 9.90 Å². The Bertz CT molecular complexity index is 456. The van der Waals surface area contributed by atoms with Crippen LogP contribution in [0.5, 0.6) is 0 Å². The van der Waals surface area contributed by atoms with Crippen LogP contribution in [0.4, 0.5) is 0 Å². The van der Waals surface area contributed by atoms with E-state index in [0.29, 0.717) is 25.3 Å². The van der Waals surface area contributed by atoms with Crippen molar-refractivity contribution in [3.8, 4) is 0 Å². The summed E-state index contributed by atoms with van der Waals surface area (Å²) in [6.45, 7) is 7.59. The van der Waals surface area contributed by atoms with E-state index in [2.05, 4.69) is 9.88 Å². The number of carbonyl (C=O) groups excluding carboxylic acids is 1. The number of nitrogens with zero attached hydrogens (tertiary/aromatic N) is 3. The summed E-state index contributed by atoms with van der Waals surface area (Å²) in [6, 6.07) is 5.52.